The Hall–Kier alpha value is -2.85. The summed E-state index contributed by atoms with van der Waals surface area (Å²) in [6, 6.07) is 14.0. The molecule has 0 aliphatic heterocycles. The van der Waals surface area contributed by atoms with E-state index in [1.165, 1.54) is 30.3 Å². The van der Waals surface area contributed by atoms with Crippen LogP contribution in [0.2, 0.25) is 0 Å². The molecule has 0 aromatic heterocycles. The Morgan fingerprint density at radius 3 is 2.39 bits per heavy atom. The van der Waals surface area contributed by atoms with Crippen LogP contribution >= 0.6 is 0 Å². The van der Waals surface area contributed by atoms with E-state index < -0.39 is 21.3 Å². The van der Waals surface area contributed by atoms with Gasteiger partial charge in [-0.1, -0.05) is 24.3 Å². The van der Waals surface area contributed by atoms with E-state index in [4.69, 9.17) is 10.4 Å². The molecule has 0 fully saturated rings. The first-order valence-corrected chi connectivity index (χ1v) is 8.20. The zero-order valence-corrected chi connectivity index (χ0v) is 13.0. The van der Waals surface area contributed by atoms with Crippen molar-refractivity contribution in [1.82, 2.24) is 5.32 Å². The van der Waals surface area contributed by atoms with Gasteiger partial charge in [-0.25, -0.2) is 13.2 Å². The maximum absolute atomic E-state index is 12.8. The van der Waals surface area contributed by atoms with Crippen molar-refractivity contribution < 1.29 is 18.3 Å². The highest BCUT2D eigenvalue weighted by atomic mass is 32.2. The smallest absolute Gasteiger partial charge is 0.405 e. The molecule has 0 aliphatic rings. The van der Waals surface area contributed by atoms with Gasteiger partial charge in [-0.3, -0.25) is 0 Å². The van der Waals surface area contributed by atoms with Gasteiger partial charge < -0.3 is 10.4 Å². The van der Waals surface area contributed by atoms with Gasteiger partial charge in [0.05, 0.1) is 16.5 Å². The van der Waals surface area contributed by atoms with Crippen molar-refractivity contribution in [2.75, 3.05) is 0 Å². The average Bonchev–Trinajstić information content (AvgIpc) is 2.53. The van der Waals surface area contributed by atoms with Crippen molar-refractivity contribution in [3.63, 3.8) is 0 Å². The summed E-state index contributed by atoms with van der Waals surface area (Å²) >= 11 is 0. The third kappa shape index (κ3) is 3.49. The van der Waals surface area contributed by atoms with Gasteiger partial charge >= 0.3 is 6.09 Å². The number of nitrogens with one attached hydrogen (secondary N) is 1. The van der Waals surface area contributed by atoms with Gasteiger partial charge in [0.1, 0.15) is 0 Å². The summed E-state index contributed by atoms with van der Waals surface area (Å²) in [5.41, 5.74) is 1.18. The minimum absolute atomic E-state index is 0.0162. The second kappa shape index (κ2) is 6.50. The summed E-state index contributed by atoms with van der Waals surface area (Å²) in [5, 5.41) is 18.5. The lowest BCUT2D eigenvalue weighted by Gasteiger charge is -2.20. The molecule has 2 aromatic carbocycles. The van der Waals surface area contributed by atoms with Crippen molar-refractivity contribution in [1.29, 1.82) is 5.26 Å². The van der Waals surface area contributed by atoms with Gasteiger partial charge in [0.25, 0.3) is 0 Å². The first-order chi connectivity index (χ1) is 10.9. The summed E-state index contributed by atoms with van der Waals surface area (Å²) in [7, 11) is -3.97. The van der Waals surface area contributed by atoms with E-state index in [1.807, 2.05) is 6.07 Å². The number of hydrogen-bond donors (Lipinski definition) is 2. The van der Waals surface area contributed by atoms with Gasteiger partial charge in [-0.15, -0.1) is 0 Å². The molecule has 23 heavy (non-hydrogen) atoms. The molecule has 118 valence electrons. The van der Waals surface area contributed by atoms with E-state index in [0.717, 1.165) is 0 Å². The molecule has 1 amide bonds. The van der Waals surface area contributed by atoms with Gasteiger partial charge in [0.15, 0.2) is 5.37 Å². The normalized spacial score (nSPS) is 12.2. The first kappa shape index (κ1) is 16.5. The third-order valence-corrected chi connectivity index (χ3v) is 5.24. The lowest BCUT2D eigenvalue weighted by atomic mass is 10.1. The highest BCUT2D eigenvalue weighted by Crippen LogP contribution is 2.29. The van der Waals surface area contributed by atoms with Crippen LogP contribution in [0.1, 0.15) is 22.1 Å². The lowest BCUT2D eigenvalue weighted by Crippen LogP contribution is -2.33. The molecule has 6 nitrogen and oxygen atoms in total. The van der Waals surface area contributed by atoms with Crippen LogP contribution in [0.4, 0.5) is 4.79 Å². The molecule has 0 spiro atoms. The topological polar surface area (TPSA) is 107 Å². The van der Waals surface area contributed by atoms with Gasteiger partial charge in [0, 0.05) is 0 Å². The van der Waals surface area contributed by atoms with Crippen LogP contribution in [0.25, 0.3) is 0 Å². The molecule has 1 atom stereocenters. The molecule has 0 radical (unpaired) electrons. The fourth-order valence-corrected chi connectivity index (χ4v) is 3.88. The molecule has 2 N–H and O–H groups in total. The van der Waals surface area contributed by atoms with Crippen molar-refractivity contribution >= 4 is 15.9 Å². The summed E-state index contributed by atoms with van der Waals surface area (Å²) in [6.07, 6.45) is -1.45. The van der Waals surface area contributed by atoms with E-state index in [9.17, 15) is 13.2 Å². The fraction of sp³-hybridized carbons (Fsp3) is 0.125. The first-order valence-electron chi connectivity index (χ1n) is 6.65. The van der Waals surface area contributed by atoms with E-state index in [0.29, 0.717) is 11.1 Å². The molecular weight excluding hydrogens is 316 g/mol. The van der Waals surface area contributed by atoms with Crippen LogP contribution in [0.5, 0.6) is 0 Å². The second-order valence-electron chi connectivity index (χ2n) is 4.87. The van der Waals surface area contributed by atoms with Gasteiger partial charge in [0.2, 0.25) is 9.84 Å². The van der Waals surface area contributed by atoms with Crippen molar-refractivity contribution in [2.45, 2.75) is 17.2 Å². The summed E-state index contributed by atoms with van der Waals surface area (Å²) < 4.78 is 25.6. The number of carboxylic acid groups (broad SMARTS) is 1. The maximum atomic E-state index is 12.8. The van der Waals surface area contributed by atoms with E-state index in [1.54, 1.807) is 25.1 Å². The molecule has 0 saturated heterocycles. The Bertz CT molecular complexity index is 871. The lowest BCUT2D eigenvalue weighted by molar-refractivity contribution is 0.193. The van der Waals surface area contributed by atoms with Crippen molar-refractivity contribution in [3.05, 3.63) is 65.2 Å². The zero-order chi connectivity index (χ0) is 17.0. The Balaban J connectivity index is 2.59. The quantitative estimate of drug-likeness (QED) is 0.896. The number of benzene rings is 2. The summed E-state index contributed by atoms with van der Waals surface area (Å²) in [5.74, 6) is 0. The molecule has 0 saturated carbocycles. The molecule has 2 rings (SSSR count). The van der Waals surface area contributed by atoms with Crippen LogP contribution < -0.4 is 5.32 Å². The minimum atomic E-state index is -3.97. The fourth-order valence-electron chi connectivity index (χ4n) is 2.22. The predicted molar refractivity (Wildman–Crippen MR) is 83.4 cm³/mol. The number of nitrogens with zero attached hydrogens (tertiary/aromatic N) is 1. The number of amides is 1. The number of rotatable bonds is 4. The number of nitriles is 1. The minimum Gasteiger partial charge on any atom is -0.465 e. The highest BCUT2D eigenvalue weighted by Gasteiger charge is 2.31. The maximum Gasteiger partial charge on any atom is 0.405 e. The highest BCUT2D eigenvalue weighted by molar-refractivity contribution is 7.91. The van der Waals surface area contributed by atoms with E-state index in [2.05, 4.69) is 5.32 Å². The number of aryl methyl sites for hydroxylation is 1. The SMILES string of the molecule is Cc1cc(C#N)ccc1C(NC(=O)O)S(=O)(=O)c1ccccc1. The molecule has 7 heteroatoms. The van der Waals surface area contributed by atoms with Crippen molar-refractivity contribution in [3.8, 4) is 6.07 Å². The number of carbonyl (C=O) groups is 1. The van der Waals surface area contributed by atoms with Crippen LogP contribution in [-0.2, 0) is 9.84 Å². The summed E-state index contributed by atoms with van der Waals surface area (Å²) in [4.78, 5) is 11.1. The predicted octanol–water partition coefficient (Wildman–Crippen LogP) is 2.61. The average molecular weight is 330 g/mol. The largest absolute Gasteiger partial charge is 0.465 e. The van der Waals surface area contributed by atoms with Crippen LogP contribution in [0.15, 0.2) is 53.4 Å². The Kier molecular flexibility index (Phi) is 4.67. The van der Waals surface area contributed by atoms with Gasteiger partial charge in [-0.2, -0.15) is 5.26 Å². The Morgan fingerprint density at radius 2 is 1.87 bits per heavy atom. The molecular formula is C16H14N2O4S. The van der Waals surface area contributed by atoms with E-state index in [-0.39, 0.29) is 10.5 Å². The monoisotopic (exact) mass is 330 g/mol. The molecule has 2 aromatic rings. The molecule has 0 aliphatic carbocycles. The third-order valence-electron chi connectivity index (χ3n) is 3.32. The Labute approximate surface area is 133 Å². The standard InChI is InChI=1S/C16H14N2O4S/c1-11-9-12(10-17)7-8-14(11)15(18-16(19)20)23(21,22)13-5-3-2-4-6-13/h2-9,15,18H,1H3,(H,19,20). The number of hydrogen-bond acceptors (Lipinski definition) is 4. The van der Waals surface area contributed by atoms with Crippen LogP contribution in [0, 0.1) is 18.3 Å². The summed E-state index contributed by atoms with van der Waals surface area (Å²) in [6.45, 7) is 1.63. The van der Waals surface area contributed by atoms with Crippen molar-refractivity contribution in [2.24, 2.45) is 0 Å². The van der Waals surface area contributed by atoms with Crippen LogP contribution in [-0.4, -0.2) is 19.6 Å². The van der Waals surface area contributed by atoms with E-state index >= 15 is 0 Å². The van der Waals surface area contributed by atoms with Crippen LogP contribution in [0.3, 0.4) is 0 Å². The zero-order valence-electron chi connectivity index (χ0n) is 12.2. The van der Waals surface area contributed by atoms with Gasteiger partial charge in [-0.05, 0) is 42.3 Å². The second-order valence-corrected chi connectivity index (χ2v) is 6.90. The number of sulfone groups is 1. The molecule has 0 heterocycles. The Morgan fingerprint density at radius 1 is 1.22 bits per heavy atom. The molecule has 0 bridgehead atoms. The molecule has 1 unspecified atom stereocenters.